The Balaban J connectivity index is 1.84. The number of nitrogens with one attached hydrogen (secondary N) is 1. The van der Waals surface area contributed by atoms with E-state index in [0.29, 0.717) is 13.0 Å². The van der Waals surface area contributed by atoms with Crippen LogP contribution in [0.25, 0.3) is 0 Å². The molecule has 2 aliphatic heterocycles. The summed E-state index contributed by atoms with van der Waals surface area (Å²) in [6.45, 7) is 3.88. The Hall–Kier alpha value is -2.62. The van der Waals surface area contributed by atoms with Gasteiger partial charge in [-0.15, -0.1) is 0 Å². The first-order chi connectivity index (χ1) is 14.5. The standard InChI is InChI=1S/C21H23F3N2O5/c1-19(2)9-13-16(14(27)10-19)20(21(22,23)24,25-17(28)15-6-4-8-31-15)18(29)26(13)11-12-5-3-7-30-12/h4,6,8,12H,3,5,7,9-11H2,1-2H3,(H,25,28)/t12-,20+/m0/s1. The zero-order valence-electron chi connectivity index (χ0n) is 17.2. The average molecular weight is 440 g/mol. The summed E-state index contributed by atoms with van der Waals surface area (Å²) in [5.41, 5.74) is -4.77. The lowest BCUT2D eigenvalue weighted by atomic mass is 9.72. The van der Waals surface area contributed by atoms with E-state index in [2.05, 4.69) is 0 Å². The highest BCUT2D eigenvalue weighted by atomic mass is 19.4. The van der Waals surface area contributed by atoms with Crippen molar-refractivity contribution in [1.82, 2.24) is 10.2 Å². The van der Waals surface area contributed by atoms with Crippen LogP contribution >= 0.6 is 0 Å². The van der Waals surface area contributed by atoms with Crippen LogP contribution in [0.5, 0.6) is 0 Å². The first-order valence-electron chi connectivity index (χ1n) is 10.1. The predicted octanol–water partition coefficient (Wildman–Crippen LogP) is 2.97. The molecule has 1 N–H and O–H groups in total. The molecule has 0 radical (unpaired) electrons. The summed E-state index contributed by atoms with van der Waals surface area (Å²) in [6.07, 6.45) is -3.27. The highest BCUT2D eigenvalue weighted by molar-refractivity contribution is 6.14. The molecule has 0 spiro atoms. The summed E-state index contributed by atoms with van der Waals surface area (Å²) in [6, 6.07) is 2.53. The maximum atomic E-state index is 14.6. The second kappa shape index (κ2) is 7.22. The molecule has 3 aliphatic rings. The van der Waals surface area contributed by atoms with Crippen LogP contribution < -0.4 is 5.32 Å². The van der Waals surface area contributed by atoms with E-state index in [9.17, 15) is 27.6 Å². The molecular weight excluding hydrogens is 417 g/mol. The molecule has 2 atom stereocenters. The van der Waals surface area contributed by atoms with Crippen molar-refractivity contribution in [2.75, 3.05) is 13.2 Å². The molecule has 1 fully saturated rings. The Morgan fingerprint density at radius 2 is 2.03 bits per heavy atom. The number of alkyl halides is 3. The van der Waals surface area contributed by atoms with Gasteiger partial charge in [-0.2, -0.15) is 13.2 Å². The van der Waals surface area contributed by atoms with Crippen molar-refractivity contribution in [1.29, 1.82) is 0 Å². The van der Waals surface area contributed by atoms with Crippen LogP contribution in [-0.2, 0) is 14.3 Å². The fraction of sp³-hybridized carbons (Fsp3) is 0.571. The van der Waals surface area contributed by atoms with Crippen LogP contribution in [0.15, 0.2) is 34.1 Å². The van der Waals surface area contributed by atoms with Gasteiger partial charge in [0.05, 0.1) is 24.5 Å². The Morgan fingerprint density at radius 1 is 1.29 bits per heavy atom. The van der Waals surface area contributed by atoms with Crippen molar-refractivity contribution >= 4 is 17.6 Å². The van der Waals surface area contributed by atoms with E-state index in [1.54, 1.807) is 13.8 Å². The number of carbonyl (C=O) groups excluding carboxylic acids is 3. The Kier molecular flexibility index (Phi) is 5.03. The third-order valence-electron chi connectivity index (χ3n) is 6.00. The first-order valence-corrected chi connectivity index (χ1v) is 10.1. The lowest BCUT2D eigenvalue weighted by molar-refractivity contribution is -0.191. The zero-order valence-corrected chi connectivity index (χ0v) is 17.2. The second-order valence-corrected chi connectivity index (χ2v) is 8.99. The van der Waals surface area contributed by atoms with Crippen LogP contribution in [0.3, 0.4) is 0 Å². The molecule has 1 aromatic rings. The second-order valence-electron chi connectivity index (χ2n) is 8.99. The Bertz CT molecular complexity index is 945. The lowest BCUT2D eigenvalue weighted by Crippen LogP contribution is -2.66. The molecule has 10 heteroatoms. The summed E-state index contributed by atoms with van der Waals surface area (Å²) in [5.74, 6) is -3.79. The molecule has 1 aliphatic carbocycles. The molecule has 1 saturated heterocycles. The molecule has 3 heterocycles. The van der Waals surface area contributed by atoms with E-state index >= 15 is 0 Å². The number of hydrogen-bond acceptors (Lipinski definition) is 5. The molecule has 168 valence electrons. The predicted molar refractivity (Wildman–Crippen MR) is 101 cm³/mol. The number of ketones is 1. The molecule has 4 rings (SSSR count). The van der Waals surface area contributed by atoms with Crippen molar-refractivity contribution in [3.05, 3.63) is 35.4 Å². The molecule has 7 nitrogen and oxygen atoms in total. The van der Waals surface area contributed by atoms with Gasteiger partial charge in [-0.25, -0.2) is 0 Å². The summed E-state index contributed by atoms with van der Waals surface area (Å²) < 4.78 is 54.2. The van der Waals surface area contributed by atoms with E-state index in [4.69, 9.17) is 9.15 Å². The van der Waals surface area contributed by atoms with Crippen LogP contribution in [0, 0.1) is 5.41 Å². The summed E-state index contributed by atoms with van der Waals surface area (Å²) in [7, 11) is 0. The van der Waals surface area contributed by atoms with Crippen LogP contribution in [0.2, 0.25) is 0 Å². The van der Waals surface area contributed by atoms with Gasteiger partial charge in [-0.1, -0.05) is 13.8 Å². The summed E-state index contributed by atoms with van der Waals surface area (Å²) >= 11 is 0. The number of furan rings is 1. The van der Waals surface area contributed by atoms with Gasteiger partial charge in [-0.05, 0) is 36.8 Å². The number of halogens is 3. The number of nitrogens with zero attached hydrogens (tertiary/aromatic N) is 1. The molecular formula is C21H23F3N2O5. The van der Waals surface area contributed by atoms with Crippen molar-refractivity contribution in [2.45, 2.75) is 57.3 Å². The minimum absolute atomic E-state index is 0.0128. The number of ether oxygens (including phenoxy) is 1. The SMILES string of the molecule is CC1(C)CC(=O)C2=C(C1)N(C[C@@H]1CCCO1)C(=O)[C@@]2(NC(=O)c1ccco1)C(F)(F)F. The molecule has 0 unspecified atom stereocenters. The van der Waals surface area contributed by atoms with Crippen LogP contribution in [-0.4, -0.2) is 53.5 Å². The van der Waals surface area contributed by atoms with Crippen molar-refractivity contribution in [3.8, 4) is 0 Å². The third-order valence-corrected chi connectivity index (χ3v) is 6.00. The van der Waals surface area contributed by atoms with Crippen molar-refractivity contribution in [2.24, 2.45) is 5.41 Å². The Morgan fingerprint density at radius 3 is 2.61 bits per heavy atom. The minimum atomic E-state index is -5.24. The van der Waals surface area contributed by atoms with Gasteiger partial charge in [0, 0.05) is 18.7 Å². The normalized spacial score (nSPS) is 28.3. The quantitative estimate of drug-likeness (QED) is 0.778. The third kappa shape index (κ3) is 3.46. The van der Waals surface area contributed by atoms with E-state index in [1.165, 1.54) is 12.1 Å². The van der Waals surface area contributed by atoms with Gasteiger partial charge in [0.2, 0.25) is 5.54 Å². The lowest BCUT2D eigenvalue weighted by Gasteiger charge is -2.35. The minimum Gasteiger partial charge on any atom is -0.459 e. The monoisotopic (exact) mass is 440 g/mol. The molecule has 2 amide bonds. The van der Waals surface area contributed by atoms with Crippen molar-refractivity contribution < 1.29 is 36.7 Å². The first kappa shape index (κ1) is 21.6. The van der Waals surface area contributed by atoms with E-state index < -0.39 is 46.4 Å². The van der Waals surface area contributed by atoms with Gasteiger partial charge in [0.15, 0.2) is 11.5 Å². The van der Waals surface area contributed by atoms with Crippen LogP contribution in [0.1, 0.15) is 50.1 Å². The van der Waals surface area contributed by atoms with Crippen LogP contribution in [0.4, 0.5) is 13.2 Å². The highest BCUT2D eigenvalue weighted by Gasteiger charge is 2.71. The largest absolute Gasteiger partial charge is 0.459 e. The zero-order chi connectivity index (χ0) is 22.6. The number of rotatable bonds is 4. The van der Waals surface area contributed by atoms with Gasteiger partial charge < -0.3 is 19.4 Å². The highest BCUT2D eigenvalue weighted by Crippen LogP contribution is 2.52. The molecule has 0 aromatic carbocycles. The number of amides is 2. The number of carbonyl (C=O) groups is 3. The van der Waals surface area contributed by atoms with Gasteiger partial charge in [-0.3, -0.25) is 14.4 Å². The molecule has 31 heavy (non-hydrogen) atoms. The fourth-order valence-corrected chi connectivity index (χ4v) is 4.65. The van der Waals surface area contributed by atoms with Gasteiger partial charge >= 0.3 is 6.18 Å². The van der Waals surface area contributed by atoms with Gasteiger partial charge in [0.25, 0.3) is 11.8 Å². The summed E-state index contributed by atoms with van der Waals surface area (Å²) in [5, 5.41) is 1.83. The molecule has 0 saturated carbocycles. The molecule has 0 bridgehead atoms. The number of hydrogen-bond donors (Lipinski definition) is 1. The average Bonchev–Trinajstić information content (AvgIpc) is 3.38. The maximum Gasteiger partial charge on any atom is 0.425 e. The van der Waals surface area contributed by atoms with Gasteiger partial charge in [0.1, 0.15) is 0 Å². The number of Topliss-reactive ketones (excluding diaryl/α,β-unsaturated/α-hetero) is 1. The van der Waals surface area contributed by atoms with Crippen molar-refractivity contribution in [3.63, 3.8) is 0 Å². The Labute approximate surface area is 176 Å². The fourth-order valence-electron chi connectivity index (χ4n) is 4.65. The molecule has 1 aromatic heterocycles. The van der Waals surface area contributed by atoms with E-state index in [1.807, 2.05) is 5.32 Å². The van der Waals surface area contributed by atoms with E-state index in [0.717, 1.165) is 17.6 Å². The number of allylic oxidation sites excluding steroid dienone is 1. The summed E-state index contributed by atoms with van der Waals surface area (Å²) in [4.78, 5) is 40.0. The smallest absolute Gasteiger partial charge is 0.425 e. The topological polar surface area (TPSA) is 88.9 Å². The maximum absolute atomic E-state index is 14.6. The van der Waals surface area contributed by atoms with E-state index in [-0.39, 0.29) is 30.8 Å².